The highest BCUT2D eigenvalue weighted by Crippen LogP contribution is 2.15. The van der Waals surface area contributed by atoms with Gasteiger partial charge in [-0.25, -0.2) is 4.39 Å². The van der Waals surface area contributed by atoms with E-state index in [1.165, 1.54) is 12.1 Å². The predicted molar refractivity (Wildman–Crippen MR) is 71.3 cm³/mol. The van der Waals surface area contributed by atoms with Gasteiger partial charge in [0.1, 0.15) is 5.82 Å². The van der Waals surface area contributed by atoms with Crippen LogP contribution in [0.3, 0.4) is 0 Å². The smallest absolute Gasteiger partial charge is 0.258 e. The van der Waals surface area contributed by atoms with Crippen LogP contribution in [-0.2, 0) is 6.42 Å². The van der Waals surface area contributed by atoms with Crippen LogP contribution in [0.4, 0.5) is 15.9 Å². The molecule has 19 heavy (non-hydrogen) atoms. The molecule has 0 spiro atoms. The van der Waals surface area contributed by atoms with E-state index in [4.69, 9.17) is 5.73 Å². The first-order chi connectivity index (χ1) is 9.10. The monoisotopic (exact) mass is 262 g/mol. The summed E-state index contributed by atoms with van der Waals surface area (Å²) in [6.07, 6.45) is 1.85. The summed E-state index contributed by atoms with van der Waals surface area (Å²) in [5, 5.41) is 9.42. The van der Waals surface area contributed by atoms with Gasteiger partial charge in [-0.1, -0.05) is 13.3 Å². The van der Waals surface area contributed by atoms with Gasteiger partial charge in [-0.15, -0.1) is 0 Å². The zero-order valence-electron chi connectivity index (χ0n) is 10.5. The highest BCUT2D eigenvalue weighted by Gasteiger charge is 2.12. The number of nitrogens with two attached hydrogens (primary N) is 1. The van der Waals surface area contributed by atoms with Gasteiger partial charge in [0.05, 0.1) is 5.56 Å². The number of aromatic nitrogens is 2. The van der Waals surface area contributed by atoms with Crippen molar-refractivity contribution in [3.63, 3.8) is 0 Å². The fraction of sp³-hybridized carbons (Fsp3) is 0.231. The molecule has 0 aliphatic rings. The normalized spacial score (nSPS) is 10.4. The minimum atomic E-state index is -0.473. The number of nitrogens with zero attached hydrogens (tertiary/aromatic N) is 1. The van der Waals surface area contributed by atoms with E-state index in [0.29, 0.717) is 5.82 Å². The lowest BCUT2D eigenvalue weighted by molar-refractivity contribution is 0.102. The van der Waals surface area contributed by atoms with Crippen LogP contribution in [0, 0.1) is 5.82 Å². The van der Waals surface area contributed by atoms with E-state index >= 15 is 0 Å². The van der Waals surface area contributed by atoms with Crippen molar-refractivity contribution >= 4 is 17.4 Å². The number of rotatable bonds is 4. The number of benzene rings is 1. The van der Waals surface area contributed by atoms with Crippen LogP contribution in [0.5, 0.6) is 0 Å². The Morgan fingerprint density at radius 1 is 1.47 bits per heavy atom. The third-order valence-electron chi connectivity index (χ3n) is 2.65. The number of aromatic amines is 1. The number of anilines is 2. The quantitative estimate of drug-likeness (QED) is 0.739. The Bertz CT molecular complexity index is 594. The molecule has 0 aliphatic carbocycles. The van der Waals surface area contributed by atoms with Gasteiger partial charge in [-0.3, -0.25) is 9.89 Å². The number of carbonyl (C=O) groups is 1. The molecule has 0 atom stereocenters. The standard InChI is InChI=1S/C13H15FN4O/c1-2-3-9-7-12(18-17-9)16-13(19)10-5-4-8(14)6-11(10)15/h4-7H,2-3,15H2,1H3,(H2,16,17,18,19). The minimum absolute atomic E-state index is 0.0989. The van der Waals surface area contributed by atoms with E-state index in [-0.39, 0.29) is 11.3 Å². The number of aryl methyl sites for hydroxylation is 1. The lowest BCUT2D eigenvalue weighted by atomic mass is 10.1. The highest BCUT2D eigenvalue weighted by molar-refractivity contribution is 6.07. The van der Waals surface area contributed by atoms with Gasteiger partial charge in [0.25, 0.3) is 5.91 Å². The molecule has 0 fully saturated rings. The maximum Gasteiger partial charge on any atom is 0.258 e. The Kier molecular flexibility index (Phi) is 3.79. The Balaban J connectivity index is 2.11. The molecule has 0 radical (unpaired) electrons. The molecule has 1 aromatic carbocycles. The van der Waals surface area contributed by atoms with Crippen molar-refractivity contribution in [2.24, 2.45) is 0 Å². The van der Waals surface area contributed by atoms with Gasteiger partial charge in [0.15, 0.2) is 5.82 Å². The first-order valence-electron chi connectivity index (χ1n) is 6.01. The van der Waals surface area contributed by atoms with E-state index in [0.717, 1.165) is 24.6 Å². The second-order valence-corrected chi connectivity index (χ2v) is 4.21. The van der Waals surface area contributed by atoms with Crippen molar-refractivity contribution in [2.75, 3.05) is 11.1 Å². The van der Waals surface area contributed by atoms with Gasteiger partial charge < -0.3 is 11.1 Å². The summed E-state index contributed by atoms with van der Waals surface area (Å²) in [5.41, 5.74) is 6.87. The minimum Gasteiger partial charge on any atom is -0.398 e. The van der Waals surface area contributed by atoms with Crippen molar-refractivity contribution < 1.29 is 9.18 Å². The lowest BCUT2D eigenvalue weighted by Gasteiger charge is -2.04. The lowest BCUT2D eigenvalue weighted by Crippen LogP contribution is -2.14. The molecule has 0 bridgehead atoms. The number of hydrogen-bond donors (Lipinski definition) is 3. The van der Waals surface area contributed by atoms with Crippen molar-refractivity contribution in [1.82, 2.24) is 10.2 Å². The summed E-state index contributed by atoms with van der Waals surface area (Å²) in [7, 11) is 0. The van der Waals surface area contributed by atoms with Crippen molar-refractivity contribution in [3.05, 3.63) is 41.3 Å². The van der Waals surface area contributed by atoms with Crippen molar-refractivity contribution in [3.8, 4) is 0 Å². The molecule has 2 rings (SSSR count). The van der Waals surface area contributed by atoms with Crippen LogP contribution in [-0.4, -0.2) is 16.1 Å². The summed E-state index contributed by atoms with van der Waals surface area (Å²) in [5.74, 6) is -0.455. The van der Waals surface area contributed by atoms with Crippen LogP contribution in [0.1, 0.15) is 29.4 Å². The molecular weight excluding hydrogens is 247 g/mol. The van der Waals surface area contributed by atoms with Crippen LogP contribution in [0.2, 0.25) is 0 Å². The number of nitrogens with one attached hydrogen (secondary N) is 2. The third kappa shape index (κ3) is 3.09. The van der Waals surface area contributed by atoms with Gasteiger partial charge >= 0.3 is 0 Å². The largest absolute Gasteiger partial charge is 0.398 e. The zero-order valence-corrected chi connectivity index (χ0v) is 10.5. The van der Waals surface area contributed by atoms with Gasteiger partial charge in [0, 0.05) is 17.4 Å². The molecule has 100 valence electrons. The Morgan fingerprint density at radius 2 is 2.26 bits per heavy atom. The average molecular weight is 262 g/mol. The van der Waals surface area contributed by atoms with E-state index < -0.39 is 11.7 Å². The van der Waals surface area contributed by atoms with Crippen molar-refractivity contribution in [2.45, 2.75) is 19.8 Å². The van der Waals surface area contributed by atoms with Crippen LogP contribution < -0.4 is 11.1 Å². The third-order valence-corrected chi connectivity index (χ3v) is 2.65. The van der Waals surface area contributed by atoms with E-state index in [1.807, 2.05) is 0 Å². The van der Waals surface area contributed by atoms with Crippen LogP contribution in [0.25, 0.3) is 0 Å². The number of amides is 1. The summed E-state index contributed by atoms with van der Waals surface area (Å²) < 4.78 is 12.9. The Morgan fingerprint density at radius 3 is 2.95 bits per heavy atom. The van der Waals surface area contributed by atoms with E-state index in [2.05, 4.69) is 22.4 Å². The van der Waals surface area contributed by atoms with Gasteiger partial charge in [-0.2, -0.15) is 5.10 Å². The molecule has 1 aromatic heterocycles. The van der Waals surface area contributed by atoms with Gasteiger partial charge in [0.2, 0.25) is 0 Å². The molecule has 1 heterocycles. The SMILES string of the molecule is CCCc1cc(NC(=O)c2ccc(F)cc2N)n[nH]1. The summed E-state index contributed by atoms with van der Waals surface area (Å²) in [6.45, 7) is 2.05. The molecule has 1 amide bonds. The first-order valence-corrected chi connectivity index (χ1v) is 6.01. The topological polar surface area (TPSA) is 83.8 Å². The van der Waals surface area contributed by atoms with Crippen molar-refractivity contribution in [1.29, 1.82) is 0 Å². The van der Waals surface area contributed by atoms with E-state index in [9.17, 15) is 9.18 Å². The molecule has 0 saturated heterocycles. The summed E-state index contributed by atoms with van der Waals surface area (Å²) in [6, 6.07) is 5.42. The van der Waals surface area contributed by atoms with Crippen LogP contribution in [0.15, 0.2) is 24.3 Å². The predicted octanol–water partition coefficient (Wildman–Crippen LogP) is 2.34. The maximum absolute atomic E-state index is 12.9. The Hall–Kier alpha value is -2.37. The number of H-pyrrole nitrogens is 1. The molecule has 2 aromatic rings. The number of nitrogen functional groups attached to an aromatic ring is 1. The molecule has 4 N–H and O–H groups in total. The van der Waals surface area contributed by atoms with E-state index in [1.54, 1.807) is 6.07 Å². The number of hydrogen-bond acceptors (Lipinski definition) is 3. The molecule has 0 saturated carbocycles. The number of halogens is 1. The van der Waals surface area contributed by atoms with Gasteiger partial charge in [-0.05, 0) is 24.6 Å². The highest BCUT2D eigenvalue weighted by atomic mass is 19.1. The molecule has 0 aliphatic heterocycles. The fourth-order valence-electron chi connectivity index (χ4n) is 1.75. The maximum atomic E-state index is 12.9. The summed E-state index contributed by atoms with van der Waals surface area (Å²) in [4.78, 5) is 11.9. The van der Waals surface area contributed by atoms with Crippen LogP contribution >= 0.6 is 0 Å². The second-order valence-electron chi connectivity index (χ2n) is 4.21. The first kappa shape index (κ1) is 13.1. The summed E-state index contributed by atoms with van der Waals surface area (Å²) >= 11 is 0. The molecule has 0 unspecified atom stereocenters. The average Bonchev–Trinajstić information content (AvgIpc) is 2.76. The number of carbonyl (C=O) groups excluding carboxylic acids is 1. The molecule has 5 nitrogen and oxygen atoms in total. The molecule has 6 heteroatoms. The zero-order chi connectivity index (χ0) is 13.8. The fourth-order valence-corrected chi connectivity index (χ4v) is 1.75. The molecular formula is C13H15FN4O. The Labute approximate surface area is 110 Å². The second kappa shape index (κ2) is 5.51.